The molecule has 0 aliphatic heterocycles. The van der Waals surface area contributed by atoms with Crippen LogP contribution in [0.15, 0.2) is 60.8 Å². The molecule has 0 saturated heterocycles. The van der Waals surface area contributed by atoms with E-state index in [0.29, 0.717) is 45.7 Å². The molecule has 2 N–H and O–H groups in total. The molecule has 0 radical (unpaired) electrons. The van der Waals surface area contributed by atoms with Gasteiger partial charge in [0.25, 0.3) is 0 Å². The molecular weight excluding hydrogens is 398 g/mol. The highest BCUT2D eigenvalue weighted by molar-refractivity contribution is 6.33. The molecule has 4 aromatic rings. The molecule has 2 aromatic heterocycles. The molecule has 0 atom stereocenters. The maximum atomic E-state index is 9.86. The lowest BCUT2D eigenvalue weighted by atomic mass is 10.1. The second-order valence-corrected chi connectivity index (χ2v) is 6.91. The van der Waals surface area contributed by atoms with Crippen LogP contribution in [0.5, 0.6) is 0 Å². The molecule has 4 rings (SSSR count). The van der Waals surface area contributed by atoms with Crippen LogP contribution in [0.2, 0.25) is 5.02 Å². The van der Waals surface area contributed by atoms with Crippen molar-refractivity contribution >= 4 is 34.6 Å². The monoisotopic (exact) mass is 413 g/mol. The molecular formula is C22H16ClN7. The molecule has 0 saturated carbocycles. The third-order valence-corrected chi connectivity index (χ3v) is 4.79. The Bertz CT molecular complexity index is 1280. The Kier molecular flexibility index (Phi) is 5.47. The smallest absolute Gasteiger partial charge is 0.178 e. The zero-order chi connectivity index (χ0) is 20.9. The molecule has 0 aliphatic carbocycles. The van der Waals surface area contributed by atoms with E-state index in [1.165, 1.54) is 16.3 Å². The summed E-state index contributed by atoms with van der Waals surface area (Å²) in [7, 11) is 0. The first-order chi connectivity index (χ1) is 14.7. The van der Waals surface area contributed by atoms with Crippen LogP contribution < -0.4 is 10.6 Å². The molecule has 7 nitrogen and oxygen atoms in total. The number of aromatic nitrogens is 3. The lowest BCUT2D eigenvalue weighted by molar-refractivity contribution is 0.935. The number of rotatable bonds is 6. The van der Waals surface area contributed by atoms with E-state index in [0.717, 1.165) is 6.42 Å². The van der Waals surface area contributed by atoms with Gasteiger partial charge >= 0.3 is 0 Å². The van der Waals surface area contributed by atoms with Gasteiger partial charge in [-0.3, -0.25) is 0 Å². The lowest BCUT2D eigenvalue weighted by Gasteiger charge is -2.14. The van der Waals surface area contributed by atoms with E-state index < -0.39 is 0 Å². The van der Waals surface area contributed by atoms with E-state index >= 15 is 0 Å². The minimum Gasteiger partial charge on any atom is -0.368 e. The summed E-state index contributed by atoms with van der Waals surface area (Å²) in [6.07, 6.45) is 2.26. The first-order valence-electron chi connectivity index (χ1n) is 9.22. The van der Waals surface area contributed by atoms with E-state index in [1.807, 2.05) is 36.4 Å². The Hall–Kier alpha value is -4.07. The van der Waals surface area contributed by atoms with Gasteiger partial charge in [-0.1, -0.05) is 48.0 Å². The number of fused-ring (bicyclic) bond motifs is 1. The minimum absolute atomic E-state index is 0.303. The summed E-state index contributed by atoms with van der Waals surface area (Å²) >= 11 is 6.27. The molecule has 0 amide bonds. The largest absolute Gasteiger partial charge is 0.368 e. The SMILES string of the molecule is N#Cc1cccc(Nc2c(C#N)c(NCCc3ccccc3)nc3c(Cl)cnn23)c1. The van der Waals surface area contributed by atoms with Crippen molar-refractivity contribution in [3.63, 3.8) is 0 Å². The number of hydrogen-bond donors (Lipinski definition) is 2. The van der Waals surface area contributed by atoms with Crippen molar-refractivity contribution < 1.29 is 0 Å². The van der Waals surface area contributed by atoms with E-state index in [-0.39, 0.29) is 0 Å². The summed E-state index contributed by atoms with van der Waals surface area (Å²) in [6.45, 7) is 0.594. The van der Waals surface area contributed by atoms with Crippen molar-refractivity contribution in [2.24, 2.45) is 0 Å². The van der Waals surface area contributed by atoms with E-state index in [9.17, 15) is 5.26 Å². The topological polar surface area (TPSA) is 102 Å². The van der Waals surface area contributed by atoms with Crippen LogP contribution in [0.3, 0.4) is 0 Å². The van der Waals surface area contributed by atoms with Crippen LogP contribution in [-0.4, -0.2) is 21.1 Å². The molecule has 146 valence electrons. The fourth-order valence-electron chi connectivity index (χ4n) is 3.09. The second kappa shape index (κ2) is 8.52. The van der Waals surface area contributed by atoms with Gasteiger partial charge in [-0.2, -0.15) is 20.1 Å². The van der Waals surface area contributed by atoms with Crippen molar-refractivity contribution in [1.82, 2.24) is 14.6 Å². The van der Waals surface area contributed by atoms with Gasteiger partial charge in [0.2, 0.25) is 0 Å². The Morgan fingerprint density at radius 2 is 1.87 bits per heavy atom. The number of benzene rings is 2. The second-order valence-electron chi connectivity index (χ2n) is 6.50. The van der Waals surface area contributed by atoms with Gasteiger partial charge in [-0.15, -0.1) is 0 Å². The predicted octanol–water partition coefficient (Wildman–Crippen LogP) is 4.52. The Labute approximate surface area is 178 Å². The van der Waals surface area contributed by atoms with E-state index in [4.69, 9.17) is 16.9 Å². The fraction of sp³-hybridized carbons (Fsp3) is 0.0909. The number of anilines is 3. The molecule has 0 bridgehead atoms. The van der Waals surface area contributed by atoms with Crippen LogP contribution in [-0.2, 0) is 6.42 Å². The highest BCUT2D eigenvalue weighted by atomic mass is 35.5. The standard InChI is InChI=1S/C22H16ClN7/c23-19-14-27-30-21(28-17-8-4-7-16(11-17)12-24)18(13-25)20(29-22(19)30)26-10-9-15-5-2-1-3-6-15/h1-8,11,14,28H,9-10H2,(H,26,29). The first-order valence-corrected chi connectivity index (χ1v) is 9.59. The molecule has 30 heavy (non-hydrogen) atoms. The van der Waals surface area contributed by atoms with Crippen LogP contribution >= 0.6 is 11.6 Å². The van der Waals surface area contributed by atoms with Gasteiger partial charge in [0.05, 0.1) is 17.8 Å². The maximum Gasteiger partial charge on any atom is 0.178 e. The zero-order valence-corrected chi connectivity index (χ0v) is 16.6. The highest BCUT2D eigenvalue weighted by Gasteiger charge is 2.18. The van der Waals surface area contributed by atoms with Gasteiger partial charge in [0, 0.05) is 12.2 Å². The number of nitrogens with one attached hydrogen (secondary N) is 2. The van der Waals surface area contributed by atoms with E-state index in [1.54, 1.807) is 18.2 Å². The Morgan fingerprint density at radius 3 is 2.63 bits per heavy atom. The average molecular weight is 414 g/mol. The molecule has 8 heteroatoms. The van der Waals surface area contributed by atoms with Crippen molar-refractivity contribution in [2.75, 3.05) is 17.2 Å². The van der Waals surface area contributed by atoms with Crippen molar-refractivity contribution in [3.8, 4) is 12.1 Å². The van der Waals surface area contributed by atoms with Gasteiger partial charge in [0.15, 0.2) is 11.5 Å². The molecule has 0 unspecified atom stereocenters. The molecule has 0 fully saturated rings. The predicted molar refractivity (Wildman–Crippen MR) is 116 cm³/mol. The van der Waals surface area contributed by atoms with Gasteiger partial charge < -0.3 is 10.6 Å². The molecule has 0 spiro atoms. The summed E-state index contributed by atoms with van der Waals surface area (Å²) in [6, 6.07) is 21.3. The van der Waals surface area contributed by atoms with Crippen LogP contribution in [0, 0.1) is 22.7 Å². The summed E-state index contributed by atoms with van der Waals surface area (Å²) in [5.41, 5.74) is 3.07. The Morgan fingerprint density at radius 1 is 1.03 bits per heavy atom. The third kappa shape index (κ3) is 3.88. The van der Waals surface area contributed by atoms with Crippen molar-refractivity contribution in [1.29, 1.82) is 10.5 Å². The summed E-state index contributed by atoms with van der Waals surface area (Å²) in [4.78, 5) is 4.52. The maximum absolute atomic E-state index is 9.86. The van der Waals surface area contributed by atoms with Crippen molar-refractivity contribution in [2.45, 2.75) is 6.42 Å². The highest BCUT2D eigenvalue weighted by Crippen LogP contribution is 2.29. The zero-order valence-electron chi connectivity index (χ0n) is 15.8. The van der Waals surface area contributed by atoms with Crippen LogP contribution in [0.1, 0.15) is 16.7 Å². The summed E-state index contributed by atoms with van der Waals surface area (Å²) in [5.74, 6) is 0.842. The number of nitriles is 2. The lowest BCUT2D eigenvalue weighted by Crippen LogP contribution is -2.12. The number of nitrogens with zero attached hydrogens (tertiary/aromatic N) is 5. The van der Waals surface area contributed by atoms with E-state index in [2.05, 4.69) is 32.9 Å². The average Bonchev–Trinajstić information content (AvgIpc) is 3.15. The number of hydrogen-bond acceptors (Lipinski definition) is 6. The first kappa shape index (κ1) is 19.3. The summed E-state index contributed by atoms with van der Waals surface area (Å²) in [5, 5.41) is 30.1. The van der Waals surface area contributed by atoms with Gasteiger partial charge in [-0.05, 0) is 30.2 Å². The van der Waals surface area contributed by atoms with Crippen molar-refractivity contribution in [3.05, 3.63) is 82.5 Å². The van der Waals surface area contributed by atoms with Crippen LogP contribution in [0.4, 0.5) is 17.3 Å². The Balaban J connectivity index is 1.71. The third-order valence-electron chi connectivity index (χ3n) is 4.52. The minimum atomic E-state index is 0.303. The van der Waals surface area contributed by atoms with Crippen LogP contribution in [0.25, 0.3) is 5.65 Å². The molecule has 2 aromatic carbocycles. The normalized spacial score (nSPS) is 10.4. The van der Waals surface area contributed by atoms with Gasteiger partial charge in [-0.25, -0.2) is 4.98 Å². The molecule has 2 heterocycles. The fourth-order valence-corrected chi connectivity index (χ4v) is 3.25. The van der Waals surface area contributed by atoms with Gasteiger partial charge in [0.1, 0.15) is 22.5 Å². The molecule has 0 aliphatic rings. The quantitative estimate of drug-likeness (QED) is 0.481. The number of halogens is 1. The summed E-state index contributed by atoms with van der Waals surface area (Å²) < 4.78 is 1.49.